The average Bonchev–Trinajstić information content (AvgIpc) is 2.79. The fourth-order valence-electron chi connectivity index (χ4n) is 3.95. The molecule has 7 heteroatoms. The van der Waals surface area contributed by atoms with Crippen molar-refractivity contribution in [1.82, 2.24) is 0 Å². The van der Waals surface area contributed by atoms with Gasteiger partial charge in [0.15, 0.2) is 0 Å². The molecule has 0 heterocycles. The van der Waals surface area contributed by atoms with Crippen LogP contribution in [-0.2, 0) is 24.2 Å². The first kappa shape index (κ1) is 23.7. The minimum atomic E-state index is -2.89. The Kier molecular flexibility index (Phi) is 7.12. The van der Waals surface area contributed by atoms with E-state index in [1.165, 1.54) is 43.5 Å². The first-order chi connectivity index (χ1) is 16.4. The average molecular weight is 472 g/mol. The predicted octanol–water partition coefficient (Wildman–Crippen LogP) is 7.46. The van der Waals surface area contributed by atoms with Gasteiger partial charge < -0.3 is 9.47 Å². The maximum atomic E-state index is 15.1. The van der Waals surface area contributed by atoms with E-state index in [1.54, 1.807) is 30.3 Å². The van der Waals surface area contributed by atoms with Crippen LogP contribution in [0, 0.1) is 17.5 Å². The Bertz CT molecular complexity index is 1280. The zero-order valence-corrected chi connectivity index (χ0v) is 18.3. The van der Waals surface area contributed by atoms with Gasteiger partial charge in [0.2, 0.25) is 0 Å². The summed E-state index contributed by atoms with van der Waals surface area (Å²) in [5.74, 6) is -1.77. The Morgan fingerprint density at radius 2 is 1.47 bits per heavy atom. The van der Waals surface area contributed by atoms with Crippen LogP contribution in [0.2, 0.25) is 0 Å². The van der Waals surface area contributed by atoms with Crippen LogP contribution in [0.1, 0.15) is 16.7 Å². The molecule has 4 aromatic rings. The number of hydrogen-bond acceptors (Lipinski definition) is 2. The molecule has 0 amide bonds. The summed E-state index contributed by atoms with van der Waals surface area (Å²) in [4.78, 5) is 0. The highest BCUT2D eigenvalue weighted by atomic mass is 19.3. The number of methoxy groups -OCH3 is 1. The van der Waals surface area contributed by atoms with Crippen molar-refractivity contribution in [2.24, 2.45) is 0 Å². The number of halogens is 5. The summed E-state index contributed by atoms with van der Waals surface area (Å²) in [5, 5.41) is 0.866. The number of hydrogen-bond donors (Lipinski definition) is 0. The number of aryl methyl sites for hydroxylation is 2. The van der Waals surface area contributed by atoms with Crippen LogP contribution in [0.25, 0.3) is 21.9 Å². The lowest BCUT2D eigenvalue weighted by molar-refractivity contribution is -0.0498. The molecule has 176 valence electrons. The Labute approximate surface area is 193 Å². The molecule has 0 aliphatic rings. The van der Waals surface area contributed by atoms with Gasteiger partial charge in [0.05, 0.1) is 12.2 Å². The van der Waals surface area contributed by atoms with Crippen LogP contribution in [0.4, 0.5) is 22.0 Å². The molecule has 0 aliphatic heterocycles. The Balaban J connectivity index is 1.55. The van der Waals surface area contributed by atoms with Crippen molar-refractivity contribution in [2.45, 2.75) is 26.1 Å². The van der Waals surface area contributed by atoms with E-state index in [0.717, 1.165) is 5.56 Å². The second-order valence-electron chi connectivity index (χ2n) is 7.86. The minimum absolute atomic E-state index is 0.0626. The van der Waals surface area contributed by atoms with Crippen LogP contribution in [0.5, 0.6) is 5.75 Å². The highest BCUT2D eigenvalue weighted by Crippen LogP contribution is 2.32. The van der Waals surface area contributed by atoms with Gasteiger partial charge in [-0.2, -0.15) is 8.78 Å². The van der Waals surface area contributed by atoms with Crippen LogP contribution in [-0.4, -0.2) is 13.7 Å². The lowest BCUT2D eigenvalue weighted by Crippen LogP contribution is -2.02. The molecule has 0 radical (unpaired) electrons. The van der Waals surface area contributed by atoms with Crippen LogP contribution >= 0.6 is 0 Å². The summed E-state index contributed by atoms with van der Waals surface area (Å²) in [7, 11) is 1.44. The fraction of sp³-hybridized carbons (Fsp3) is 0.185. The van der Waals surface area contributed by atoms with Gasteiger partial charge in [-0.15, -0.1) is 0 Å². The Morgan fingerprint density at radius 3 is 2.12 bits per heavy atom. The van der Waals surface area contributed by atoms with Crippen molar-refractivity contribution >= 4 is 10.8 Å². The van der Waals surface area contributed by atoms with E-state index in [1.807, 2.05) is 0 Å². The third kappa shape index (κ3) is 5.20. The van der Waals surface area contributed by atoms with Gasteiger partial charge in [-0.3, -0.25) is 0 Å². The lowest BCUT2D eigenvalue weighted by Gasteiger charge is -2.11. The second-order valence-corrected chi connectivity index (χ2v) is 7.86. The number of fused-ring (bicyclic) bond motifs is 1. The van der Waals surface area contributed by atoms with Crippen LogP contribution in [0.15, 0.2) is 66.7 Å². The van der Waals surface area contributed by atoms with Gasteiger partial charge in [0, 0.05) is 12.5 Å². The van der Waals surface area contributed by atoms with Gasteiger partial charge in [-0.05, 0) is 70.8 Å². The molecule has 0 saturated carbocycles. The topological polar surface area (TPSA) is 18.5 Å². The van der Waals surface area contributed by atoms with Gasteiger partial charge in [-0.1, -0.05) is 36.4 Å². The minimum Gasteiger partial charge on any atom is -0.435 e. The maximum absolute atomic E-state index is 15.1. The van der Waals surface area contributed by atoms with E-state index in [2.05, 4.69) is 4.74 Å². The van der Waals surface area contributed by atoms with Crippen molar-refractivity contribution in [1.29, 1.82) is 0 Å². The largest absolute Gasteiger partial charge is 0.435 e. The van der Waals surface area contributed by atoms with Crippen molar-refractivity contribution in [3.05, 3.63) is 101 Å². The normalized spacial score (nSPS) is 11.4. The Morgan fingerprint density at radius 1 is 0.765 bits per heavy atom. The molecule has 4 aromatic carbocycles. The lowest BCUT2D eigenvalue weighted by atomic mass is 9.96. The smallest absolute Gasteiger partial charge is 0.387 e. The Hall–Kier alpha value is -3.45. The fourth-order valence-corrected chi connectivity index (χ4v) is 3.95. The molecule has 0 aromatic heterocycles. The van der Waals surface area contributed by atoms with E-state index in [4.69, 9.17) is 4.74 Å². The first-order valence-electron chi connectivity index (χ1n) is 10.6. The summed E-state index contributed by atoms with van der Waals surface area (Å²) in [6, 6.07) is 16.6. The molecule has 0 saturated heterocycles. The molecular formula is C27H21F5O2. The zero-order valence-electron chi connectivity index (χ0n) is 18.3. The summed E-state index contributed by atoms with van der Waals surface area (Å²) < 4.78 is 78.1. The molecule has 0 fully saturated rings. The molecular weight excluding hydrogens is 451 g/mol. The maximum Gasteiger partial charge on any atom is 0.387 e. The van der Waals surface area contributed by atoms with Gasteiger partial charge >= 0.3 is 6.61 Å². The quantitative estimate of drug-likeness (QED) is 0.248. The molecule has 0 atom stereocenters. The van der Waals surface area contributed by atoms with Crippen molar-refractivity contribution in [3.63, 3.8) is 0 Å². The monoisotopic (exact) mass is 472 g/mol. The molecule has 34 heavy (non-hydrogen) atoms. The zero-order chi connectivity index (χ0) is 24.2. The van der Waals surface area contributed by atoms with Gasteiger partial charge in [-0.25, -0.2) is 13.2 Å². The van der Waals surface area contributed by atoms with Crippen molar-refractivity contribution < 1.29 is 31.4 Å². The molecule has 0 unspecified atom stereocenters. The number of rotatable bonds is 8. The summed E-state index contributed by atoms with van der Waals surface area (Å²) >= 11 is 0. The molecule has 0 aliphatic carbocycles. The third-order valence-corrected chi connectivity index (χ3v) is 5.57. The van der Waals surface area contributed by atoms with E-state index >= 15 is 4.39 Å². The number of benzene rings is 4. The second kappa shape index (κ2) is 10.2. The molecule has 0 N–H and O–H groups in total. The van der Waals surface area contributed by atoms with E-state index < -0.39 is 24.1 Å². The van der Waals surface area contributed by atoms with Crippen LogP contribution in [0.3, 0.4) is 0 Å². The van der Waals surface area contributed by atoms with E-state index in [9.17, 15) is 17.6 Å². The molecule has 4 rings (SSSR count). The highest BCUT2D eigenvalue weighted by molar-refractivity contribution is 5.88. The van der Waals surface area contributed by atoms with Gasteiger partial charge in [0.25, 0.3) is 0 Å². The third-order valence-electron chi connectivity index (χ3n) is 5.57. The SMILES string of the molecule is COCc1cc(F)c(-c2ccc3c(F)c(CCc4ccc(OC(F)F)cc4)ccc3c2)c(F)c1. The van der Waals surface area contributed by atoms with Crippen LogP contribution < -0.4 is 4.74 Å². The van der Waals surface area contributed by atoms with E-state index in [-0.39, 0.29) is 17.9 Å². The summed E-state index contributed by atoms with van der Waals surface area (Å²) in [6.45, 7) is -2.80. The molecule has 2 nitrogen and oxygen atoms in total. The molecule has 0 spiro atoms. The standard InChI is InChI=1S/C27H21F5O2/c1-33-15-17-12-23(28)25(24(29)13-17)20-8-11-22-19(14-20)7-6-18(26(22)30)5-2-16-3-9-21(10-4-16)34-27(31)32/h3-4,6-14,27H,2,5,15H2,1H3. The van der Waals surface area contributed by atoms with Crippen molar-refractivity contribution in [3.8, 4) is 16.9 Å². The first-order valence-corrected chi connectivity index (χ1v) is 10.6. The van der Waals surface area contributed by atoms with Gasteiger partial charge in [0.1, 0.15) is 23.2 Å². The predicted molar refractivity (Wildman–Crippen MR) is 120 cm³/mol. The summed E-state index contributed by atoms with van der Waals surface area (Å²) in [6.07, 6.45) is 0.891. The summed E-state index contributed by atoms with van der Waals surface area (Å²) in [5.41, 5.74) is 1.85. The highest BCUT2D eigenvalue weighted by Gasteiger charge is 2.15. The van der Waals surface area contributed by atoms with E-state index in [0.29, 0.717) is 40.3 Å². The van der Waals surface area contributed by atoms with Crippen molar-refractivity contribution in [2.75, 3.05) is 7.11 Å². The molecule has 0 bridgehead atoms. The number of alkyl halides is 2. The number of ether oxygens (including phenoxy) is 2.